The summed E-state index contributed by atoms with van der Waals surface area (Å²) < 4.78 is 2.34. The molecule has 0 aliphatic rings. The van der Waals surface area contributed by atoms with Gasteiger partial charge in [0.2, 0.25) is 0 Å². The number of benzene rings is 6. The predicted octanol–water partition coefficient (Wildman–Crippen LogP) is 11.2. The van der Waals surface area contributed by atoms with Gasteiger partial charge in [0.1, 0.15) is 0 Å². The van der Waals surface area contributed by atoms with Gasteiger partial charge in [0, 0.05) is 21.2 Å². The second-order valence-corrected chi connectivity index (χ2v) is 11.7. The van der Waals surface area contributed by atoms with Gasteiger partial charge in [-0.2, -0.15) is 0 Å². The van der Waals surface area contributed by atoms with Crippen molar-refractivity contribution in [3.8, 4) is 56.0 Å². The minimum absolute atomic E-state index is 0.737. The van der Waals surface area contributed by atoms with Crippen LogP contribution in [0.25, 0.3) is 76.3 Å². The van der Waals surface area contributed by atoms with Gasteiger partial charge in [-0.1, -0.05) is 140 Å². The van der Waals surface area contributed by atoms with Crippen molar-refractivity contribution in [3.05, 3.63) is 158 Å². The summed E-state index contributed by atoms with van der Waals surface area (Å²) in [5.74, 6) is 0.737. The average molecular weight is 567 g/mol. The van der Waals surface area contributed by atoms with Crippen LogP contribution in [0.3, 0.4) is 0 Å². The second kappa shape index (κ2) is 10.8. The largest absolute Gasteiger partial charge is 0.226 e. The number of nitrogens with zero attached hydrogens (tertiary/aromatic N) is 2. The van der Waals surface area contributed by atoms with E-state index < -0.39 is 0 Å². The van der Waals surface area contributed by atoms with Crippen molar-refractivity contribution in [1.29, 1.82) is 0 Å². The van der Waals surface area contributed by atoms with E-state index in [-0.39, 0.29) is 0 Å². The summed E-state index contributed by atoms with van der Waals surface area (Å²) >= 11 is 1.76. The maximum Gasteiger partial charge on any atom is 0.160 e. The third-order valence-electron chi connectivity index (χ3n) is 7.91. The molecule has 0 N–H and O–H groups in total. The van der Waals surface area contributed by atoms with Gasteiger partial charge < -0.3 is 0 Å². The summed E-state index contributed by atoms with van der Waals surface area (Å²) in [7, 11) is 0. The van der Waals surface area contributed by atoms with Crippen molar-refractivity contribution in [1.82, 2.24) is 9.97 Å². The molecule has 202 valence electrons. The highest BCUT2D eigenvalue weighted by atomic mass is 32.1. The van der Waals surface area contributed by atoms with E-state index in [1.165, 1.54) is 43.5 Å². The zero-order chi connectivity index (χ0) is 28.6. The second-order valence-electron chi connectivity index (χ2n) is 10.6. The maximum absolute atomic E-state index is 5.23. The zero-order valence-electron chi connectivity index (χ0n) is 23.3. The topological polar surface area (TPSA) is 25.8 Å². The van der Waals surface area contributed by atoms with Crippen LogP contribution in [0.4, 0.5) is 0 Å². The number of hydrogen-bond acceptors (Lipinski definition) is 3. The van der Waals surface area contributed by atoms with E-state index in [4.69, 9.17) is 9.97 Å². The van der Waals surface area contributed by atoms with E-state index in [0.717, 1.165) is 32.9 Å². The molecule has 0 fully saturated rings. The highest BCUT2D eigenvalue weighted by Crippen LogP contribution is 2.40. The quantitative estimate of drug-likeness (QED) is 0.207. The molecular formula is C40H26N2S. The van der Waals surface area contributed by atoms with Crippen molar-refractivity contribution in [2.45, 2.75) is 0 Å². The molecule has 0 saturated heterocycles. The van der Waals surface area contributed by atoms with E-state index in [0.29, 0.717) is 0 Å². The molecule has 43 heavy (non-hydrogen) atoms. The Morgan fingerprint density at radius 1 is 0.372 bits per heavy atom. The standard InChI is InChI=1S/C40H26N2S/c1-3-11-27(12-4-1)31-15-9-16-32(25-31)29-21-23-30(24-22-29)40-41-37(39-38(42-40)35-19-7-8-20-36(35)43-39)34-18-10-17-33(26-34)28-13-5-2-6-14-28/h1-26H. The molecule has 0 saturated carbocycles. The molecule has 2 nitrogen and oxygen atoms in total. The fourth-order valence-electron chi connectivity index (χ4n) is 5.71. The van der Waals surface area contributed by atoms with Crippen LogP contribution in [0.15, 0.2) is 158 Å². The van der Waals surface area contributed by atoms with Crippen LogP contribution in [0.1, 0.15) is 0 Å². The smallest absolute Gasteiger partial charge is 0.160 e. The molecule has 0 unspecified atom stereocenters. The Kier molecular flexibility index (Phi) is 6.36. The highest BCUT2D eigenvalue weighted by Gasteiger charge is 2.17. The van der Waals surface area contributed by atoms with Crippen LogP contribution in [0.5, 0.6) is 0 Å². The fraction of sp³-hybridized carbons (Fsp3) is 0. The summed E-state index contributed by atoms with van der Waals surface area (Å²) in [6, 6.07) is 55.6. The van der Waals surface area contributed by atoms with Crippen LogP contribution >= 0.6 is 11.3 Å². The van der Waals surface area contributed by atoms with Crippen LogP contribution in [0.2, 0.25) is 0 Å². The summed E-state index contributed by atoms with van der Waals surface area (Å²) in [5, 5.41) is 1.17. The number of rotatable bonds is 5. The van der Waals surface area contributed by atoms with E-state index in [2.05, 4.69) is 158 Å². The van der Waals surface area contributed by atoms with Gasteiger partial charge >= 0.3 is 0 Å². The number of fused-ring (bicyclic) bond motifs is 3. The summed E-state index contributed by atoms with van der Waals surface area (Å²) in [5.41, 5.74) is 11.2. The molecule has 2 aromatic heterocycles. The molecule has 2 heterocycles. The van der Waals surface area contributed by atoms with Crippen LogP contribution in [-0.2, 0) is 0 Å². The van der Waals surface area contributed by atoms with Gasteiger partial charge in [-0.25, -0.2) is 9.97 Å². The third-order valence-corrected chi connectivity index (χ3v) is 9.08. The maximum atomic E-state index is 5.23. The third kappa shape index (κ3) is 4.80. The molecule has 0 aliphatic heterocycles. The molecule has 0 spiro atoms. The highest BCUT2D eigenvalue weighted by molar-refractivity contribution is 7.26. The first-order chi connectivity index (χ1) is 21.3. The van der Waals surface area contributed by atoms with E-state index in [9.17, 15) is 0 Å². The van der Waals surface area contributed by atoms with Crippen molar-refractivity contribution < 1.29 is 0 Å². The van der Waals surface area contributed by atoms with Gasteiger partial charge in [0.25, 0.3) is 0 Å². The van der Waals surface area contributed by atoms with Crippen LogP contribution in [-0.4, -0.2) is 9.97 Å². The van der Waals surface area contributed by atoms with Crippen molar-refractivity contribution in [3.63, 3.8) is 0 Å². The average Bonchev–Trinajstić information content (AvgIpc) is 3.48. The Balaban J connectivity index is 1.24. The molecule has 8 aromatic rings. The first-order valence-corrected chi connectivity index (χ1v) is 15.2. The number of aromatic nitrogens is 2. The van der Waals surface area contributed by atoms with Gasteiger partial charge in [0.15, 0.2) is 5.82 Å². The Morgan fingerprint density at radius 2 is 0.860 bits per heavy atom. The molecule has 0 radical (unpaired) electrons. The summed E-state index contributed by atoms with van der Waals surface area (Å²) in [6.45, 7) is 0. The Labute approximate surface area is 254 Å². The van der Waals surface area contributed by atoms with Crippen LogP contribution < -0.4 is 0 Å². The number of hydrogen-bond donors (Lipinski definition) is 0. The van der Waals surface area contributed by atoms with Gasteiger partial charge in [-0.3, -0.25) is 0 Å². The minimum Gasteiger partial charge on any atom is -0.226 e. The number of thiophene rings is 1. The van der Waals surface area contributed by atoms with Gasteiger partial charge in [-0.15, -0.1) is 11.3 Å². The van der Waals surface area contributed by atoms with Crippen molar-refractivity contribution in [2.24, 2.45) is 0 Å². The molecule has 6 aromatic carbocycles. The predicted molar refractivity (Wildman–Crippen MR) is 182 cm³/mol. The summed E-state index contributed by atoms with van der Waals surface area (Å²) in [4.78, 5) is 10.4. The lowest BCUT2D eigenvalue weighted by Crippen LogP contribution is -1.94. The van der Waals surface area contributed by atoms with E-state index in [1.54, 1.807) is 11.3 Å². The fourth-order valence-corrected chi connectivity index (χ4v) is 6.87. The molecule has 0 atom stereocenters. The molecular weight excluding hydrogens is 541 g/mol. The van der Waals surface area contributed by atoms with E-state index >= 15 is 0 Å². The van der Waals surface area contributed by atoms with Crippen LogP contribution in [0, 0.1) is 0 Å². The Hall–Kier alpha value is -5.38. The van der Waals surface area contributed by atoms with Crippen molar-refractivity contribution in [2.75, 3.05) is 0 Å². The summed E-state index contributed by atoms with van der Waals surface area (Å²) in [6.07, 6.45) is 0. The zero-order valence-corrected chi connectivity index (χ0v) is 24.1. The molecule has 0 amide bonds. The lowest BCUT2D eigenvalue weighted by molar-refractivity contribution is 1.24. The lowest BCUT2D eigenvalue weighted by Gasteiger charge is -2.10. The van der Waals surface area contributed by atoms with Crippen molar-refractivity contribution >= 4 is 31.6 Å². The van der Waals surface area contributed by atoms with Gasteiger partial charge in [0.05, 0.1) is 15.9 Å². The normalized spacial score (nSPS) is 11.3. The molecule has 0 bridgehead atoms. The van der Waals surface area contributed by atoms with Gasteiger partial charge in [-0.05, 0) is 51.6 Å². The molecule has 0 aliphatic carbocycles. The van der Waals surface area contributed by atoms with E-state index in [1.807, 2.05) is 0 Å². The minimum atomic E-state index is 0.737. The Morgan fingerprint density at radius 3 is 1.51 bits per heavy atom. The molecule has 8 rings (SSSR count). The Bertz CT molecular complexity index is 2220. The first kappa shape index (κ1) is 25.3. The monoisotopic (exact) mass is 566 g/mol. The SMILES string of the molecule is c1ccc(-c2cccc(-c3ccc(-c4nc(-c5cccc(-c6ccccc6)c5)c5sc6ccccc6c5n4)cc3)c2)cc1. The molecule has 3 heteroatoms. The first-order valence-electron chi connectivity index (χ1n) is 14.4. The lowest BCUT2D eigenvalue weighted by atomic mass is 9.98.